The van der Waals surface area contributed by atoms with Crippen LogP contribution in [0.3, 0.4) is 0 Å². The summed E-state index contributed by atoms with van der Waals surface area (Å²) < 4.78 is 28.6. The summed E-state index contributed by atoms with van der Waals surface area (Å²) in [5.41, 5.74) is 0. The van der Waals surface area contributed by atoms with Gasteiger partial charge in [-0.25, -0.2) is 18.1 Å². The molecule has 0 unspecified atom stereocenters. The minimum Gasteiger partial charge on any atom is -0.445 e. The molecule has 0 radical (unpaired) electrons. The Balaban J connectivity index is 2.55. The molecule has 0 atom stereocenters. The maximum Gasteiger partial charge on any atom is 0.209 e. The Morgan fingerprint density at radius 2 is 2.33 bits per heavy atom. The molecular weight excluding hydrogens is 180 g/mol. The fourth-order valence-electron chi connectivity index (χ4n) is 0.676. The Labute approximate surface area is 70.9 Å². The molecule has 1 rings (SSSR count). The molecule has 1 aromatic heterocycles. The normalized spacial score (nSPS) is 11.8. The number of hydrogen-bond acceptors (Lipinski definition) is 4. The van der Waals surface area contributed by atoms with Gasteiger partial charge in [-0.05, 0) is 6.92 Å². The van der Waals surface area contributed by atoms with Gasteiger partial charge in [-0.2, -0.15) is 0 Å². The summed E-state index contributed by atoms with van der Waals surface area (Å²) in [5.74, 6) is 1.04. The van der Waals surface area contributed by atoms with Crippen molar-refractivity contribution in [1.29, 1.82) is 0 Å². The molecule has 0 aromatic carbocycles. The molecule has 1 heterocycles. The van der Waals surface area contributed by atoms with E-state index in [-0.39, 0.29) is 6.54 Å². The Kier molecular flexibility index (Phi) is 2.49. The predicted molar refractivity (Wildman–Crippen MR) is 42.9 cm³/mol. The monoisotopic (exact) mass is 190 g/mol. The second-order valence-electron chi connectivity index (χ2n) is 2.46. The van der Waals surface area contributed by atoms with Gasteiger partial charge >= 0.3 is 0 Å². The van der Waals surface area contributed by atoms with Crippen molar-refractivity contribution in [3.63, 3.8) is 0 Å². The summed E-state index contributed by atoms with van der Waals surface area (Å²) in [5, 5.41) is 0. The standard InChI is InChI=1S/C6H10N2O3S/c1-5-3-7-6(11-5)4-8-12(2,9)10/h3,8H,4H2,1-2H3. The highest BCUT2D eigenvalue weighted by atomic mass is 32.2. The molecule has 5 nitrogen and oxygen atoms in total. The van der Waals surface area contributed by atoms with Gasteiger partial charge < -0.3 is 4.42 Å². The fourth-order valence-corrected chi connectivity index (χ4v) is 1.06. The van der Waals surface area contributed by atoms with Crippen molar-refractivity contribution in [2.45, 2.75) is 13.5 Å². The molecule has 6 heteroatoms. The van der Waals surface area contributed by atoms with Crippen molar-refractivity contribution in [3.05, 3.63) is 17.8 Å². The molecule has 0 fully saturated rings. The fraction of sp³-hybridized carbons (Fsp3) is 0.500. The van der Waals surface area contributed by atoms with E-state index in [9.17, 15) is 8.42 Å². The highest BCUT2D eigenvalue weighted by molar-refractivity contribution is 7.88. The Morgan fingerprint density at radius 1 is 1.67 bits per heavy atom. The average Bonchev–Trinajstić information content (AvgIpc) is 2.30. The van der Waals surface area contributed by atoms with Crippen LogP contribution in [0, 0.1) is 6.92 Å². The Bertz CT molecular complexity index is 355. The van der Waals surface area contributed by atoms with Crippen molar-refractivity contribution in [2.24, 2.45) is 0 Å². The van der Waals surface area contributed by atoms with Gasteiger partial charge in [0.25, 0.3) is 0 Å². The van der Waals surface area contributed by atoms with E-state index in [0.717, 1.165) is 6.26 Å². The third-order valence-corrected chi connectivity index (χ3v) is 1.82. The first kappa shape index (κ1) is 9.21. The summed E-state index contributed by atoms with van der Waals surface area (Å²) in [6.45, 7) is 1.85. The van der Waals surface area contributed by atoms with Gasteiger partial charge in [0.2, 0.25) is 15.9 Å². The van der Waals surface area contributed by atoms with E-state index in [4.69, 9.17) is 4.42 Å². The van der Waals surface area contributed by atoms with Crippen LogP contribution < -0.4 is 4.72 Å². The van der Waals surface area contributed by atoms with E-state index in [1.165, 1.54) is 0 Å². The third kappa shape index (κ3) is 3.02. The van der Waals surface area contributed by atoms with Crippen molar-refractivity contribution >= 4 is 10.0 Å². The number of oxazole rings is 1. The topological polar surface area (TPSA) is 72.2 Å². The van der Waals surface area contributed by atoms with E-state index >= 15 is 0 Å². The highest BCUT2D eigenvalue weighted by Crippen LogP contribution is 2.00. The number of nitrogens with zero attached hydrogens (tertiary/aromatic N) is 1. The van der Waals surface area contributed by atoms with Crippen LogP contribution in [-0.2, 0) is 16.6 Å². The summed E-state index contributed by atoms with van der Waals surface area (Å²) in [4.78, 5) is 3.83. The summed E-state index contributed by atoms with van der Waals surface area (Å²) >= 11 is 0. The number of aryl methyl sites for hydroxylation is 1. The minimum absolute atomic E-state index is 0.104. The van der Waals surface area contributed by atoms with Gasteiger partial charge in [0.1, 0.15) is 5.76 Å². The summed E-state index contributed by atoms with van der Waals surface area (Å²) in [7, 11) is -3.16. The quantitative estimate of drug-likeness (QED) is 0.730. The van der Waals surface area contributed by atoms with Gasteiger partial charge in [0.05, 0.1) is 19.0 Å². The van der Waals surface area contributed by atoms with E-state index in [1.807, 2.05) is 0 Å². The molecule has 12 heavy (non-hydrogen) atoms. The van der Waals surface area contributed by atoms with E-state index in [2.05, 4.69) is 9.71 Å². The molecule has 0 saturated carbocycles. The second-order valence-corrected chi connectivity index (χ2v) is 4.29. The Morgan fingerprint density at radius 3 is 2.75 bits per heavy atom. The predicted octanol–water partition coefficient (Wildman–Crippen LogP) is 0.0322. The minimum atomic E-state index is -3.16. The molecular formula is C6H10N2O3S. The van der Waals surface area contributed by atoms with Crippen LogP contribution >= 0.6 is 0 Å². The maximum atomic E-state index is 10.6. The lowest BCUT2D eigenvalue weighted by atomic mass is 10.6. The third-order valence-electron chi connectivity index (χ3n) is 1.15. The SMILES string of the molecule is Cc1cnc(CNS(C)(=O)=O)o1. The molecule has 0 bridgehead atoms. The molecule has 0 saturated heterocycles. The van der Waals surface area contributed by atoms with Crippen molar-refractivity contribution in [3.8, 4) is 0 Å². The van der Waals surface area contributed by atoms with E-state index in [0.29, 0.717) is 11.7 Å². The molecule has 0 aliphatic carbocycles. The molecule has 1 aromatic rings. The molecule has 68 valence electrons. The van der Waals surface area contributed by atoms with Crippen LogP contribution in [0.4, 0.5) is 0 Å². The molecule has 0 spiro atoms. The van der Waals surface area contributed by atoms with Crippen LogP contribution in [-0.4, -0.2) is 19.7 Å². The average molecular weight is 190 g/mol. The van der Waals surface area contributed by atoms with Crippen molar-refractivity contribution < 1.29 is 12.8 Å². The van der Waals surface area contributed by atoms with Gasteiger partial charge in [-0.15, -0.1) is 0 Å². The van der Waals surface area contributed by atoms with Crippen LogP contribution in [0.15, 0.2) is 10.6 Å². The number of rotatable bonds is 3. The zero-order valence-electron chi connectivity index (χ0n) is 6.86. The zero-order chi connectivity index (χ0) is 9.19. The van der Waals surface area contributed by atoms with Gasteiger partial charge in [0.15, 0.2) is 0 Å². The smallest absolute Gasteiger partial charge is 0.209 e. The molecule has 0 amide bonds. The zero-order valence-corrected chi connectivity index (χ0v) is 7.68. The summed E-state index contributed by atoms with van der Waals surface area (Å²) in [6.07, 6.45) is 2.63. The van der Waals surface area contributed by atoms with Crippen LogP contribution in [0.5, 0.6) is 0 Å². The second kappa shape index (κ2) is 3.24. The first-order chi connectivity index (χ1) is 5.47. The van der Waals surface area contributed by atoms with Crippen molar-refractivity contribution in [1.82, 2.24) is 9.71 Å². The number of aromatic nitrogens is 1. The molecule has 0 aliphatic rings. The lowest BCUT2D eigenvalue weighted by Gasteiger charge is -1.96. The first-order valence-electron chi connectivity index (χ1n) is 3.33. The highest BCUT2D eigenvalue weighted by Gasteiger charge is 2.04. The number of nitrogens with one attached hydrogen (secondary N) is 1. The van der Waals surface area contributed by atoms with Gasteiger partial charge in [0, 0.05) is 0 Å². The molecule has 1 N–H and O–H groups in total. The van der Waals surface area contributed by atoms with Gasteiger partial charge in [-0.1, -0.05) is 0 Å². The van der Waals surface area contributed by atoms with Crippen LogP contribution in [0.2, 0.25) is 0 Å². The van der Waals surface area contributed by atoms with Gasteiger partial charge in [-0.3, -0.25) is 0 Å². The lowest BCUT2D eigenvalue weighted by Crippen LogP contribution is -2.21. The molecule has 0 aliphatic heterocycles. The maximum absolute atomic E-state index is 10.6. The Hall–Kier alpha value is -0.880. The van der Waals surface area contributed by atoms with Crippen LogP contribution in [0.25, 0.3) is 0 Å². The lowest BCUT2D eigenvalue weighted by molar-refractivity contribution is 0.464. The van der Waals surface area contributed by atoms with Crippen molar-refractivity contribution in [2.75, 3.05) is 6.26 Å². The number of sulfonamides is 1. The largest absolute Gasteiger partial charge is 0.445 e. The van der Waals surface area contributed by atoms with E-state index < -0.39 is 10.0 Å². The van der Waals surface area contributed by atoms with Crippen LogP contribution in [0.1, 0.15) is 11.7 Å². The summed E-state index contributed by atoms with van der Waals surface area (Å²) in [6, 6.07) is 0. The first-order valence-corrected chi connectivity index (χ1v) is 5.22. The number of hydrogen-bond donors (Lipinski definition) is 1. The van der Waals surface area contributed by atoms with E-state index in [1.54, 1.807) is 13.1 Å².